The van der Waals surface area contributed by atoms with Crippen LogP contribution < -0.4 is 5.32 Å². The second kappa shape index (κ2) is 6.82. The van der Waals surface area contributed by atoms with Crippen molar-refractivity contribution in [2.24, 2.45) is 5.92 Å². The van der Waals surface area contributed by atoms with Crippen LogP contribution in [0, 0.1) is 5.92 Å². The smallest absolute Gasteiger partial charge is 0.278 e. The molecule has 0 spiro atoms. The Morgan fingerprint density at radius 2 is 1.86 bits per heavy atom. The second-order valence-corrected chi connectivity index (χ2v) is 9.89. The SMILES string of the molecule is O=S(=O)(c1nnc(Nc2c3c(cc4c2CCC4)CCC3)[nH]1)N1CCC(CO)C1. The summed E-state index contributed by atoms with van der Waals surface area (Å²) in [5, 5.41) is 20.5. The van der Waals surface area contributed by atoms with Crippen LogP contribution in [-0.4, -0.2) is 52.7 Å². The minimum absolute atomic E-state index is 0.000538. The number of fused-ring (bicyclic) bond motifs is 2. The molecule has 2 aliphatic carbocycles. The molecule has 28 heavy (non-hydrogen) atoms. The third kappa shape index (κ3) is 2.92. The number of aryl methyl sites for hydroxylation is 2. The van der Waals surface area contributed by atoms with E-state index in [1.165, 1.54) is 26.6 Å². The molecule has 1 aliphatic heterocycles. The Balaban J connectivity index is 1.43. The first kappa shape index (κ1) is 18.1. The summed E-state index contributed by atoms with van der Waals surface area (Å²) in [6, 6.07) is 2.36. The number of rotatable bonds is 5. The summed E-state index contributed by atoms with van der Waals surface area (Å²) in [6.45, 7) is 0.720. The number of aromatic amines is 1. The fraction of sp³-hybridized carbons (Fsp3) is 0.579. The summed E-state index contributed by atoms with van der Waals surface area (Å²) >= 11 is 0. The molecule has 1 fully saturated rings. The number of sulfonamides is 1. The molecule has 9 heteroatoms. The molecule has 0 saturated carbocycles. The summed E-state index contributed by atoms with van der Waals surface area (Å²) in [4.78, 5) is 2.87. The number of aromatic nitrogens is 3. The van der Waals surface area contributed by atoms with E-state index >= 15 is 0 Å². The first-order valence-electron chi connectivity index (χ1n) is 10.0. The maximum atomic E-state index is 12.8. The van der Waals surface area contributed by atoms with Crippen molar-refractivity contribution >= 4 is 21.7 Å². The van der Waals surface area contributed by atoms with Crippen LogP contribution in [0.5, 0.6) is 0 Å². The quantitative estimate of drug-likeness (QED) is 0.698. The predicted molar refractivity (Wildman–Crippen MR) is 104 cm³/mol. The standard InChI is InChI=1S/C19H25N5O3S/c25-11-12-7-8-24(10-12)28(26,27)19-21-18(22-23-19)20-17-15-5-1-3-13(15)9-14-4-2-6-16(14)17/h9,12,25H,1-8,10-11H2,(H2,20,21,22,23). The molecule has 1 aromatic carbocycles. The van der Waals surface area contributed by atoms with Gasteiger partial charge < -0.3 is 10.4 Å². The van der Waals surface area contributed by atoms with Gasteiger partial charge in [0.2, 0.25) is 5.95 Å². The maximum Gasteiger partial charge on any atom is 0.278 e. The molecule has 1 aromatic heterocycles. The lowest BCUT2D eigenvalue weighted by Crippen LogP contribution is -2.30. The van der Waals surface area contributed by atoms with Gasteiger partial charge in [-0.05, 0) is 73.1 Å². The largest absolute Gasteiger partial charge is 0.396 e. The molecule has 0 bridgehead atoms. The molecular weight excluding hydrogens is 378 g/mol. The van der Waals surface area contributed by atoms with Crippen LogP contribution in [0.4, 0.5) is 11.6 Å². The molecule has 2 heterocycles. The van der Waals surface area contributed by atoms with Gasteiger partial charge in [0.15, 0.2) is 0 Å². The van der Waals surface area contributed by atoms with Crippen molar-refractivity contribution in [1.82, 2.24) is 19.5 Å². The van der Waals surface area contributed by atoms with E-state index in [1.54, 1.807) is 0 Å². The summed E-state index contributed by atoms with van der Waals surface area (Å²) < 4.78 is 27.0. The molecule has 3 N–H and O–H groups in total. The van der Waals surface area contributed by atoms with E-state index in [2.05, 4.69) is 26.6 Å². The third-order valence-corrected chi connectivity index (χ3v) is 7.96. The topological polar surface area (TPSA) is 111 Å². The fourth-order valence-electron chi connectivity index (χ4n) is 4.79. The zero-order valence-electron chi connectivity index (χ0n) is 15.7. The van der Waals surface area contributed by atoms with Crippen LogP contribution in [0.25, 0.3) is 0 Å². The van der Waals surface area contributed by atoms with Gasteiger partial charge >= 0.3 is 0 Å². The van der Waals surface area contributed by atoms with Crippen molar-refractivity contribution in [3.63, 3.8) is 0 Å². The van der Waals surface area contributed by atoms with Gasteiger partial charge in [-0.15, -0.1) is 10.2 Å². The van der Waals surface area contributed by atoms with Gasteiger partial charge in [0, 0.05) is 25.4 Å². The van der Waals surface area contributed by atoms with E-state index in [4.69, 9.17) is 0 Å². The minimum Gasteiger partial charge on any atom is -0.396 e. The van der Waals surface area contributed by atoms with E-state index in [9.17, 15) is 13.5 Å². The number of anilines is 2. The molecular formula is C19H25N5O3S. The molecule has 8 nitrogen and oxygen atoms in total. The normalized spacial score (nSPS) is 21.8. The van der Waals surface area contributed by atoms with Crippen LogP contribution in [0.15, 0.2) is 11.2 Å². The fourth-order valence-corrected chi connectivity index (χ4v) is 6.16. The van der Waals surface area contributed by atoms with Crippen molar-refractivity contribution in [3.05, 3.63) is 28.3 Å². The molecule has 2 aromatic rings. The van der Waals surface area contributed by atoms with Crippen LogP contribution in [0.2, 0.25) is 0 Å². The Kier molecular flexibility index (Phi) is 4.41. The third-order valence-electron chi connectivity index (χ3n) is 6.27. The Hall–Kier alpha value is -1.97. The molecule has 1 atom stereocenters. The Morgan fingerprint density at radius 1 is 1.14 bits per heavy atom. The number of nitrogens with one attached hydrogen (secondary N) is 2. The molecule has 1 unspecified atom stereocenters. The predicted octanol–water partition coefficient (Wildman–Crippen LogP) is 1.53. The van der Waals surface area contributed by atoms with Gasteiger partial charge in [-0.1, -0.05) is 6.07 Å². The van der Waals surface area contributed by atoms with Crippen molar-refractivity contribution in [2.75, 3.05) is 25.0 Å². The van der Waals surface area contributed by atoms with E-state index in [0.717, 1.165) is 44.2 Å². The summed E-state index contributed by atoms with van der Waals surface area (Å²) in [5.41, 5.74) is 6.59. The van der Waals surface area contributed by atoms with Crippen LogP contribution in [0.1, 0.15) is 41.5 Å². The van der Waals surface area contributed by atoms with Crippen molar-refractivity contribution < 1.29 is 13.5 Å². The maximum absolute atomic E-state index is 12.8. The molecule has 150 valence electrons. The van der Waals surface area contributed by atoms with Gasteiger partial charge in [-0.25, -0.2) is 8.42 Å². The highest BCUT2D eigenvalue weighted by Gasteiger charge is 2.34. The average Bonchev–Trinajstić information content (AvgIpc) is 3.45. The minimum atomic E-state index is -3.72. The van der Waals surface area contributed by atoms with Crippen molar-refractivity contribution in [3.8, 4) is 0 Å². The number of benzene rings is 1. The highest BCUT2D eigenvalue weighted by molar-refractivity contribution is 7.89. The highest BCUT2D eigenvalue weighted by atomic mass is 32.2. The zero-order valence-corrected chi connectivity index (χ0v) is 16.6. The lowest BCUT2D eigenvalue weighted by atomic mass is 9.99. The Bertz CT molecular complexity index is 985. The van der Waals surface area contributed by atoms with Gasteiger partial charge in [0.1, 0.15) is 0 Å². The summed E-state index contributed by atoms with van der Waals surface area (Å²) in [5.74, 6) is 0.357. The second-order valence-electron chi connectivity index (χ2n) is 8.04. The highest BCUT2D eigenvalue weighted by Crippen LogP contribution is 2.39. The number of nitrogens with zero attached hydrogens (tertiary/aromatic N) is 3. The average molecular weight is 404 g/mol. The lowest BCUT2D eigenvalue weighted by molar-refractivity contribution is 0.233. The van der Waals surface area contributed by atoms with Gasteiger partial charge in [0.05, 0.1) is 0 Å². The number of hydrogen-bond donors (Lipinski definition) is 3. The molecule has 0 amide bonds. The van der Waals surface area contributed by atoms with Crippen LogP contribution in [0.3, 0.4) is 0 Å². The molecule has 5 rings (SSSR count). The Labute approximate surface area is 164 Å². The van der Waals surface area contributed by atoms with Gasteiger partial charge in [-0.2, -0.15) is 4.31 Å². The zero-order chi connectivity index (χ0) is 19.3. The van der Waals surface area contributed by atoms with Crippen LogP contribution >= 0.6 is 0 Å². The number of aliphatic hydroxyl groups excluding tert-OH is 1. The lowest BCUT2D eigenvalue weighted by Gasteiger charge is -2.15. The van der Waals surface area contributed by atoms with Gasteiger partial charge in [0.25, 0.3) is 15.2 Å². The van der Waals surface area contributed by atoms with E-state index in [-0.39, 0.29) is 17.7 Å². The molecule has 1 saturated heterocycles. The first-order valence-corrected chi connectivity index (χ1v) is 11.5. The summed E-state index contributed by atoms with van der Waals surface area (Å²) in [6.07, 6.45) is 7.27. The number of hydrogen-bond acceptors (Lipinski definition) is 6. The molecule has 3 aliphatic rings. The van der Waals surface area contributed by atoms with E-state index in [1.807, 2.05) is 0 Å². The van der Waals surface area contributed by atoms with E-state index in [0.29, 0.717) is 25.5 Å². The van der Waals surface area contributed by atoms with Crippen LogP contribution in [-0.2, 0) is 35.7 Å². The monoisotopic (exact) mass is 403 g/mol. The number of H-pyrrole nitrogens is 1. The van der Waals surface area contributed by atoms with Crippen molar-refractivity contribution in [1.29, 1.82) is 0 Å². The van der Waals surface area contributed by atoms with Crippen molar-refractivity contribution in [2.45, 2.75) is 50.1 Å². The van der Waals surface area contributed by atoms with Gasteiger partial charge in [-0.3, -0.25) is 4.98 Å². The first-order chi connectivity index (χ1) is 13.6. The number of aliphatic hydroxyl groups is 1. The summed E-state index contributed by atoms with van der Waals surface area (Å²) in [7, 11) is -3.72. The Morgan fingerprint density at radius 3 is 2.50 bits per heavy atom. The van der Waals surface area contributed by atoms with E-state index < -0.39 is 10.0 Å². The molecule has 0 radical (unpaired) electrons.